The molecule has 0 amide bonds. The fourth-order valence-electron chi connectivity index (χ4n) is 1.00. The summed E-state index contributed by atoms with van der Waals surface area (Å²) in [6, 6.07) is 0. The van der Waals surface area contributed by atoms with Crippen molar-refractivity contribution in [2.24, 2.45) is 7.05 Å². The van der Waals surface area contributed by atoms with E-state index in [1.54, 1.807) is 11.7 Å². The van der Waals surface area contributed by atoms with E-state index in [0.29, 0.717) is 5.69 Å². The van der Waals surface area contributed by atoms with Crippen LogP contribution in [0, 0.1) is 13.8 Å². The van der Waals surface area contributed by atoms with Crippen molar-refractivity contribution in [3.63, 3.8) is 0 Å². The molecule has 1 aromatic heterocycles. The zero-order valence-corrected chi connectivity index (χ0v) is 13.7. The standard InChI is InChI=1S/C8H12N2O2.3C2H6/c1-5-6(2)10(3)9-7(5)8(11)12-4;3*1-2/h1-4H3;3*1-2H3. The zero-order valence-electron chi connectivity index (χ0n) is 13.7. The number of carbonyl (C=O) groups is 1. The van der Waals surface area contributed by atoms with Crippen molar-refractivity contribution in [2.45, 2.75) is 55.4 Å². The fourth-order valence-corrected chi connectivity index (χ4v) is 1.00. The molecule has 0 spiro atoms. The van der Waals surface area contributed by atoms with Crippen LogP contribution in [0.4, 0.5) is 0 Å². The topological polar surface area (TPSA) is 44.1 Å². The molecule has 1 aromatic rings. The van der Waals surface area contributed by atoms with E-state index < -0.39 is 0 Å². The van der Waals surface area contributed by atoms with Crippen molar-refractivity contribution in [2.75, 3.05) is 7.11 Å². The predicted octanol–water partition coefficient (Wildman–Crippen LogP) is 3.90. The lowest BCUT2D eigenvalue weighted by Crippen LogP contribution is -2.04. The van der Waals surface area contributed by atoms with Crippen molar-refractivity contribution in [1.82, 2.24) is 9.78 Å². The van der Waals surface area contributed by atoms with Crippen LogP contribution >= 0.6 is 0 Å². The number of hydrogen-bond acceptors (Lipinski definition) is 3. The van der Waals surface area contributed by atoms with E-state index in [0.717, 1.165) is 11.3 Å². The predicted molar refractivity (Wildman–Crippen MR) is 78.1 cm³/mol. The van der Waals surface area contributed by atoms with Gasteiger partial charge in [0.1, 0.15) is 0 Å². The summed E-state index contributed by atoms with van der Waals surface area (Å²) in [6.45, 7) is 15.8. The summed E-state index contributed by atoms with van der Waals surface area (Å²) < 4.78 is 6.24. The molecule has 1 heterocycles. The largest absolute Gasteiger partial charge is 0.464 e. The van der Waals surface area contributed by atoms with Crippen molar-refractivity contribution in [3.8, 4) is 0 Å². The van der Waals surface area contributed by atoms with E-state index in [9.17, 15) is 4.79 Å². The zero-order chi connectivity index (χ0) is 15.3. The SMILES string of the molecule is CC.CC.CC.COC(=O)c1nn(C)c(C)c1C. The number of rotatable bonds is 1. The van der Waals surface area contributed by atoms with Crippen molar-refractivity contribution in [3.05, 3.63) is 17.0 Å². The first kappa shape index (κ1) is 21.9. The van der Waals surface area contributed by atoms with E-state index in [1.165, 1.54) is 7.11 Å². The molecular weight excluding hydrogens is 228 g/mol. The summed E-state index contributed by atoms with van der Waals surface area (Å²) in [7, 11) is 3.15. The molecule has 0 unspecified atom stereocenters. The number of methoxy groups -OCH3 is 1. The third-order valence-corrected chi connectivity index (χ3v) is 2.01. The van der Waals surface area contributed by atoms with Crippen LogP contribution in [0.15, 0.2) is 0 Å². The summed E-state index contributed by atoms with van der Waals surface area (Å²) in [5.74, 6) is -0.379. The van der Waals surface area contributed by atoms with Crippen LogP contribution in [0.3, 0.4) is 0 Å². The normalized spacial score (nSPS) is 7.67. The molecule has 0 aliphatic carbocycles. The average Bonchev–Trinajstić information content (AvgIpc) is 2.72. The van der Waals surface area contributed by atoms with Crippen LogP contribution in [0.2, 0.25) is 0 Å². The van der Waals surface area contributed by atoms with E-state index in [-0.39, 0.29) is 5.97 Å². The minimum atomic E-state index is -0.379. The third kappa shape index (κ3) is 6.42. The van der Waals surface area contributed by atoms with E-state index in [4.69, 9.17) is 0 Å². The number of nitrogens with zero attached hydrogens (tertiary/aromatic N) is 2. The molecule has 0 saturated carbocycles. The Hall–Kier alpha value is -1.32. The van der Waals surface area contributed by atoms with Crippen molar-refractivity contribution < 1.29 is 9.53 Å². The van der Waals surface area contributed by atoms with E-state index in [2.05, 4.69) is 9.84 Å². The first-order valence-electron chi connectivity index (χ1n) is 6.66. The Bertz CT molecular complexity index is 318. The number of aromatic nitrogens is 2. The number of carbonyl (C=O) groups excluding carboxylic acids is 1. The Morgan fingerprint density at radius 1 is 1.06 bits per heavy atom. The van der Waals surface area contributed by atoms with Gasteiger partial charge in [0.15, 0.2) is 5.69 Å². The Labute approximate surface area is 112 Å². The van der Waals surface area contributed by atoms with Gasteiger partial charge in [0.2, 0.25) is 0 Å². The first-order valence-corrected chi connectivity index (χ1v) is 6.66. The molecule has 0 radical (unpaired) electrons. The van der Waals surface area contributed by atoms with Crippen molar-refractivity contribution >= 4 is 5.97 Å². The van der Waals surface area contributed by atoms with Crippen LogP contribution in [0.5, 0.6) is 0 Å². The summed E-state index contributed by atoms with van der Waals surface area (Å²) in [6.07, 6.45) is 0. The Morgan fingerprint density at radius 3 is 1.67 bits per heavy atom. The number of aryl methyl sites for hydroxylation is 1. The van der Waals surface area contributed by atoms with Gasteiger partial charge in [0.05, 0.1) is 7.11 Å². The Balaban J connectivity index is -0.000000328. The van der Waals surface area contributed by atoms with E-state index in [1.807, 2.05) is 55.4 Å². The highest BCUT2D eigenvalue weighted by atomic mass is 16.5. The molecule has 0 saturated heterocycles. The average molecular weight is 258 g/mol. The third-order valence-electron chi connectivity index (χ3n) is 2.01. The van der Waals surface area contributed by atoms with Crippen molar-refractivity contribution in [1.29, 1.82) is 0 Å². The maximum atomic E-state index is 11.1. The molecule has 0 aliphatic rings. The molecule has 0 atom stereocenters. The highest BCUT2D eigenvalue weighted by molar-refractivity contribution is 5.88. The molecular formula is C14H30N2O2. The van der Waals surface area contributed by atoms with Crippen LogP contribution in [0.1, 0.15) is 63.3 Å². The number of hydrogen-bond donors (Lipinski definition) is 0. The van der Waals surface area contributed by atoms with Gasteiger partial charge in [-0.1, -0.05) is 41.5 Å². The smallest absolute Gasteiger partial charge is 0.358 e. The first-order chi connectivity index (χ1) is 8.57. The van der Waals surface area contributed by atoms with Gasteiger partial charge in [-0.3, -0.25) is 4.68 Å². The van der Waals surface area contributed by atoms with Crippen LogP contribution in [-0.2, 0) is 11.8 Å². The minimum Gasteiger partial charge on any atom is -0.464 e. The fraction of sp³-hybridized carbons (Fsp3) is 0.714. The van der Waals surface area contributed by atoms with Gasteiger partial charge in [0.25, 0.3) is 0 Å². The van der Waals surface area contributed by atoms with E-state index >= 15 is 0 Å². The highest BCUT2D eigenvalue weighted by Crippen LogP contribution is 2.11. The molecule has 0 bridgehead atoms. The van der Waals surface area contributed by atoms with Gasteiger partial charge < -0.3 is 4.74 Å². The lowest BCUT2D eigenvalue weighted by atomic mass is 10.2. The number of esters is 1. The Kier molecular flexibility index (Phi) is 16.7. The van der Waals surface area contributed by atoms with Crippen LogP contribution in [-0.4, -0.2) is 22.9 Å². The second-order valence-corrected chi connectivity index (χ2v) is 2.67. The highest BCUT2D eigenvalue weighted by Gasteiger charge is 2.15. The maximum absolute atomic E-state index is 11.1. The molecule has 0 aromatic carbocycles. The Morgan fingerprint density at radius 2 is 1.44 bits per heavy atom. The summed E-state index contributed by atoms with van der Waals surface area (Å²) in [4.78, 5) is 11.1. The van der Waals surface area contributed by atoms with Gasteiger partial charge in [-0.05, 0) is 13.8 Å². The molecule has 1 rings (SSSR count). The maximum Gasteiger partial charge on any atom is 0.358 e. The molecule has 0 N–H and O–H groups in total. The molecule has 0 fully saturated rings. The van der Waals surface area contributed by atoms with Crippen LogP contribution < -0.4 is 0 Å². The van der Waals surface area contributed by atoms with Gasteiger partial charge in [-0.15, -0.1) is 0 Å². The molecule has 0 aliphatic heterocycles. The molecule has 108 valence electrons. The number of ether oxygens (including phenoxy) is 1. The minimum absolute atomic E-state index is 0.379. The van der Waals surface area contributed by atoms with Gasteiger partial charge in [-0.2, -0.15) is 5.10 Å². The second-order valence-electron chi connectivity index (χ2n) is 2.67. The summed E-state index contributed by atoms with van der Waals surface area (Å²) >= 11 is 0. The molecule has 4 nitrogen and oxygen atoms in total. The quantitative estimate of drug-likeness (QED) is 0.717. The lowest BCUT2D eigenvalue weighted by Gasteiger charge is -1.93. The van der Waals surface area contributed by atoms with Gasteiger partial charge >= 0.3 is 5.97 Å². The molecule has 18 heavy (non-hydrogen) atoms. The lowest BCUT2D eigenvalue weighted by molar-refractivity contribution is 0.0592. The van der Waals surface area contributed by atoms with Crippen LogP contribution in [0.25, 0.3) is 0 Å². The van der Waals surface area contributed by atoms with Gasteiger partial charge in [0, 0.05) is 18.3 Å². The second kappa shape index (κ2) is 13.7. The van der Waals surface area contributed by atoms with Gasteiger partial charge in [-0.25, -0.2) is 4.79 Å². The molecule has 4 heteroatoms. The summed E-state index contributed by atoms with van der Waals surface area (Å²) in [5.41, 5.74) is 2.26. The monoisotopic (exact) mass is 258 g/mol. The summed E-state index contributed by atoms with van der Waals surface area (Å²) in [5, 5.41) is 4.02.